The van der Waals surface area contributed by atoms with Crippen LogP contribution >= 0.6 is 22.9 Å². The summed E-state index contributed by atoms with van der Waals surface area (Å²) in [6, 6.07) is 16.9. The third kappa shape index (κ3) is 2.65. The van der Waals surface area contributed by atoms with Gasteiger partial charge in [0.15, 0.2) is 5.82 Å². The Balaban J connectivity index is 1.82. The number of nitrogens with zero attached hydrogens (tertiary/aromatic N) is 3. The van der Waals surface area contributed by atoms with Gasteiger partial charge in [-0.1, -0.05) is 65.4 Å². The fourth-order valence-electron chi connectivity index (χ4n) is 2.25. The highest BCUT2D eigenvalue weighted by Crippen LogP contribution is 2.15. The lowest BCUT2D eigenvalue weighted by molar-refractivity contribution is 0.937. The monoisotopic (exact) mass is 339 g/mol. The molecule has 4 nitrogen and oxygen atoms in total. The molecule has 0 radical (unpaired) electrons. The van der Waals surface area contributed by atoms with E-state index < -0.39 is 0 Å². The first-order valence-corrected chi connectivity index (χ1v) is 8.12. The highest BCUT2D eigenvalue weighted by Gasteiger charge is 2.11. The number of thiazole rings is 1. The summed E-state index contributed by atoms with van der Waals surface area (Å²) in [6.07, 6.45) is 1.82. The summed E-state index contributed by atoms with van der Waals surface area (Å²) >= 11 is 7.20. The van der Waals surface area contributed by atoms with Gasteiger partial charge in [-0.25, -0.2) is 0 Å². The van der Waals surface area contributed by atoms with Crippen molar-refractivity contribution in [2.45, 2.75) is 0 Å². The van der Waals surface area contributed by atoms with Crippen LogP contribution in [0.25, 0.3) is 22.4 Å². The maximum absolute atomic E-state index is 12.5. The van der Waals surface area contributed by atoms with Crippen LogP contribution in [0, 0.1) is 0 Å². The van der Waals surface area contributed by atoms with E-state index in [1.165, 1.54) is 15.9 Å². The van der Waals surface area contributed by atoms with E-state index in [-0.39, 0.29) is 5.56 Å². The van der Waals surface area contributed by atoms with E-state index in [2.05, 4.69) is 10.1 Å². The van der Waals surface area contributed by atoms with Crippen LogP contribution < -0.4 is 10.1 Å². The van der Waals surface area contributed by atoms with Crippen molar-refractivity contribution in [3.05, 3.63) is 80.1 Å². The van der Waals surface area contributed by atoms with Crippen LogP contribution in [0.3, 0.4) is 0 Å². The maximum atomic E-state index is 12.5. The largest absolute Gasteiger partial charge is 0.291 e. The molecular weight excluding hydrogens is 330 g/mol. The number of hydrogen-bond acceptors (Lipinski definition) is 4. The number of benzene rings is 2. The molecule has 0 aliphatic rings. The zero-order valence-corrected chi connectivity index (χ0v) is 13.4. The molecule has 0 spiro atoms. The van der Waals surface area contributed by atoms with Crippen LogP contribution in [0.15, 0.2) is 59.4 Å². The third-order valence-electron chi connectivity index (χ3n) is 3.38. The average Bonchev–Trinajstić information content (AvgIpc) is 3.11. The van der Waals surface area contributed by atoms with Gasteiger partial charge in [0.2, 0.25) is 4.96 Å². The zero-order chi connectivity index (χ0) is 15.8. The molecule has 112 valence electrons. The number of hydrogen-bond donors (Lipinski definition) is 0. The molecule has 0 atom stereocenters. The van der Waals surface area contributed by atoms with Crippen molar-refractivity contribution in [1.29, 1.82) is 0 Å². The van der Waals surface area contributed by atoms with Gasteiger partial charge < -0.3 is 0 Å². The minimum Gasteiger partial charge on any atom is -0.266 e. The molecule has 0 saturated carbocycles. The minimum absolute atomic E-state index is 0.158. The molecule has 2 heterocycles. The molecule has 4 rings (SSSR count). The van der Waals surface area contributed by atoms with Crippen LogP contribution in [0.5, 0.6) is 0 Å². The second kappa shape index (κ2) is 5.61. The highest BCUT2D eigenvalue weighted by molar-refractivity contribution is 7.15. The van der Waals surface area contributed by atoms with Gasteiger partial charge in [0, 0.05) is 10.6 Å². The molecule has 0 bridgehead atoms. The van der Waals surface area contributed by atoms with Gasteiger partial charge >= 0.3 is 0 Å². The first-order chi connectivity index (χ1) is 11.2. The quantitative estimate of drug-likeness (QED) is 0.564. The van der Waals surface area contributed by atoms with E-state index in [0.717, 1.165) is 11.1 Å². The van der Waals surface area contributed by atoms with Crippen molar-refractivity contribution in [3.8, 4) is 11.4 Å². The lowest BCUT2D eigenvalue weighted by atomic mass is 10.2. The van der Waals surface area contributed by atoms with Gasteiger partial charge in [0.05, 0.1) is 4.53 Å². The molecule has 0 unspecified atom stereocenters. The predicted octanol–water partition coefficient (Wildman–Crippen LogP) is 3.02. The standard InChI is InChI=1S/C17H10ClN3OS/c18-13-8-6-11(7-9-13)10-14-16(22)21-17(23-14)19-15(20-21)12-4-2-1-3-5-12/h1-10H/b14-10-. The van der Waals surface area contributed by atoms with E-state index in [9.17, 15) is 4.79 Å². The average molecular weight is 340 g/mol. The first-order valence-electron chi connectivity index (χ1n) is 6.93. The van der Waals surface area contributed by atoms with Crippen molar-refractivity contribution in [2.75, 3.05) is 0 Å². The molecule has 2 aromatic heterocycles. The third-order valence-corrected chi connectivity index (χ3v) is 4.59. The van der Waals surface area contributed by atoms with Gasteiger partial charge in [-0.05, 0) is 23.8 Å². The Morgan fingerprint density at radius 3 is 2.48 bits per heavy atom. The molecule has 6 heteroatoms. The molecule has 0 saturated heterocycles. The molecular formula is C17H10ClN3OS. The lowest BCUT2D eigenvalue weighted by Crippen LogP contribution is -2.23. The fraction of sp³-hybridized carbons (Fsp3) is 0. The molecule has 0 amide bonds. The Morgan fingerprint density at radius 2 is 1.78 bits per heavy atom. The molecule has 2 aromatic carbocycles. The Bertz CT molecular complexity index is 1080. The predicted molar refractivity (Wildman–Crippen MR) is 92.8 cm³/mol. The van der Waals surface area contributed by atoms with E-state index in [0.29, 0.717) is 20.3 Å². The zero-order valence-electron chi connectivity index (χ0n) is 11.8. The topological polar surface area (TPSA) is 47.3 Å². The van der Waals surface area contributed by atoms with Crippen molar-refractivity contribution in [3.63, 3.8) is 0 Å². The Kier molecular flexibility index (Phi) is 3.44. The molecule has 4 aromatic rings. The van der Waals surface area contributed by atoms with Gasteiger partial charge in [-0.2, -0.15) is 9.50 Å². The lowest BCUT2D eigenvalue weighted by Gasteiger charge is -1.92. The van der Waals surface area contributed by atoms with E-state index in [4.69, 9.17) is 11.6 Å². The van der Waals surface area contributed by atoms with Crippen molar-refractivity contribution >= 4 is 34.0 Å². The Morgan fingerprint density at radius 1 is 1.04 bits per heavy atom. The molecule has 0 N–H and O–H groups in total. The molecule has 23 heavy (non-hydrogen) atoms. The van der Waals surface area contributed by atoms with E-state index >= 15 is 0 Å². The van der Waals surface area contributed by atoms with Crippen LogP contribution in [-0.2, 0) is 0 Å². The smallest absolute Gasteiger partial charge is 0.266 e. The second-order valence-electron chi connectivity index (χ2n) is 4.96. The van der Waals surface area contributed by atoms with Crippen molar-refractivity contribution < 1.29 is 0 Å². The van der Waals surface area contributed by atoms with Gasteiger partial charge in [0.25, 0.3) is 5.56 Å². The Hall–Kier alpha value is -2.50. The van der Waals surface area contributed by atoms with Crippen LogP contribution in [0.4, 0.5) is 0 Å². The highest BCUT2D eigenvalue weighted by atomic mass is 35.5. The summed E-state index contributed by atoms with van der Waals surface area (Å²) in [5.74, 6) is 0.562. The summed E-state index contributed by atoms with van der Waals surface area (Å²) in [5.41, 5.74) is 1.65. The summed E-state index contributed by atoms with van der Waals surface area (Å²) in [4.78, 5) is 17.5. The second-order valence-corrected chi connectivity index (χ2v) is 6.41. The van der Waals surface area contributed by atoms with Gasteiger partial charge in [-0.3, -0.25) is 4.79 Å². The normalized spacial score (nSPS) is 12.1. The summed E-state index contributed by atoms with van der Waals surface area (Å²) in [6.45, 7) is 0. The van der Waals surface area contributed by atoms with Gasteiger partial charge in [-0.15, -0.1) is 5.10 Å². The van der Waals surface area contributed by atoms with E-state index in [1.807, 2.05) is 48.5 Å². The molecule has 0 fully saturated rings. The number of halogens is 1. The summed E-state index contributed by atoms with van der Waals surface area (Å²) in [5, 5.41) is 4.99. The van der Waals surface area contributed by atoms with Crippen LogP contribution in [0.2, 0.25) is 5.02 Å². The fourth-order valence-corrected chi connectivity index (χ4v) is 3.29. The van der Waals surface area contributed by atoms with Crippen molar-refractivity contribution in [1.82, 2.24) is 14.6 Å². The minimum atomic E-state index is -0.158. The number of rotatable bonds is 2. The van der Waals surface area contributed by atoms with Crippen LogP contribution in [-0.4, -0.2) is 14.6 Å². The van der Waals surface area contributed by atoms with Gasteiger partial charge in [0.1, 0.15) is 0 Å². The SMILES string of the molecule is O=c1/c(=C/c2ccc(Cl)cc2)sc2nc(-c3ccccc3)nn12. The number of aromatic nitrogens is 3. The summed E-state index contributed by atoms with van der Waals surface area (Å²) in [7, 11) is 0. The Labute approximate surface area is 140 Å². The van der Waals surface area contributed by atoms with Crippen molar-refractivity contribution in [2.24, 2.45) is 0 Å². The first kappa shape index (κ1) is 14.1. The molecule has 0 aliphatic carbocycles. The maximum Gasteiger partial charge on any atom is 0.291 e. The van der Waals surface area contributed by atoms with E-state index in [1.54, 1.807) is 12.1 Å². The molecule has 0 aliphatic heterocycles. The summed E-state index contributed by atoms with van der Waals surface area (Å²) < 4.78 is 1.95. The number of fused-ring (bicyclic) bond motifs is 1. The van der Waals surface area contributed by atoms with Crippen LogP contribution in [0.1, 0.15) is 5.56 Å².